The van der Waals surface area contributed by atoms with Crippen LogP contribution in [0.5, 0.6) is 0 Å². The van der Waals surface area contributed by atoms with Crippen molar-refractivity contribution < 1.29 is 9.53 Å². The number of H-pyrrole nitrogens is 1. The van der Waals surface area contributed by atoms with Crippen LogP contribution in [0.15, 0.2) is 30.5 Å². The van der Waals surface area contributed by atoms with Crippen LogP contribution in [0.3, 0.4) is 0 Å². The lowest BCUT2D eigenvalue weighted by Gasteiger charge is -2.32. The van der Waals surface area contributed by atoms with Crippen LogP contribution in [-0.4, -0.2) is 41.6 Å². The van der Waals surface area contributed by atoms with Crippen molar-refractivity contribution in [1.82, 2.24) is 9.88 Å². The van der Waals surface area contributed by atoms with Crippen LogP contribution >= 0.6 is 0 Å². The number of fused-ring (bicyclic) bond motifs is 1. The fraction of sp³-hybridized carbons (Fsp3) is 0.471. The first-order valence-electron chi connectivity index (χ1n) is 7.72. The summed E-state index contributed by atoms with van der Waals surface area (Å²) in [4.78, 5) is 17.6. The SMILES string of the molecule is CCC1CN(C(=O)CCc2c[nH]c3ccccc23)CCO1. The fourth-order valence-corrected chi connectivity index (χ4v) is 2.93. The van der Waals surface area contributed by atoms with Gasteiger partial charge in [0.15, 0.2) is 0 Å². The summed E-state index contributed by atoms with van der Waals surface area (Å²) in [5, 5.41) is 1.22. The smallest absolute Gasteiger partial charge is 0.223 e. The molecule has 21 heavy (non-hydrogen) atoms. The van der Waals surface area contributed by atoms with E-state index in [-0.39, 0.29) is 12.0 Å². The van der Waals surface area contributed by atoms with E-state index < -0.39 is 0 Å². The average Bonchev–Trinajstić information content (AvgIpc) is 2.96. The van der Waals surface area contributed by atoms with E-state index in [1.54, 1.807) is 0 Å². The molecule has 1 fully saturated rings. The molecule has 4 nitrogen and oxygen atoms in total. The number of hydrogen-bond acceptors (Lipinski definition) is 2. The molecule has 4 heteroatoms. The monoisotopic (exact) mass is 286 g/mol. The van der Waals surface area contributed by atoms with Gasteiger partial charge in [-0.25, -0.2) is 0 Å². The molecule has 1 amide bonds. The van der Waals surface area contributed by atoms with Crippen molar-refractivity contribution in [2.75, 3.05) is 19.7 Å². The highest BCUT2D eigenvalue weighted by molar-refractivity contribution is 5.84. The van der Waals surface area contributed by atoms with Gasteiger partial charge in [-0.1, -0.05) is 25.1 Å². The summed E-state index contributed by atoms with van der Waals surface area (Å²) < 4.78 is 5.62. The Morgan fingerprint density at radius 1 is 1.43 bits per heavy atom. The highest BCUT2D eigenvalue weighted by Gasteiger charge is 2.22. The topological polar surface area (TPSA) is 45.3 Å². The molecule has 3 rings (SSSR count). The first-order chi connectivity index (χ1) is 10.3. The van der Waals surface area contributed by atoms with Crippen LogP contribution in [0.25, 0.3) is 10.9 Å². The lowest BCUT2D eigenvalue weighted by molar-refractivity contribution is -0.138. The second-order valence-electron chi connectivity index (χ2n) is 5.60. The molecule has 0 spiro atoms. The van der Waals surface area contributed by atoms with Gasteiger partial charge in [0.05, 0.1) is 12.7 Å². The number of aromatic amines is 1. The highest BCUT2D eigenvalue weighted by Crippen LogP contribution is 2.19. The lowest BCUT2D eigenvalue weighted by atomic mass is 10.1. The molecule has 1 aromatic carbocycles. The number of aryl methyl sites for hydroxylation is 1. The highest BCUT2D eigenvalue weighted by atomic mass is 16.5. The molecule has 1 aliphatic rings. The van der Waals surface area contributed by atoms with Gasteiger partial charge in [-0.05, 0) is 24.5 Å². The lowest BCUT2D eigenvalue weighted by Crippen LogP contribution is -2.45. The van der Waals surface area contributed by atoms with Gasteiger partial charge in [0.2, 0.25) is 5.91 Å². The van der Waals surface area contributed by atoms with Crippen molar-refractivity contribution in [2.45, 2.75) is 32.3 Å². The fourth-order valence-electron chi connectivity index (χ4n) is 2.93. The molecule has 0 radical (unpaired) electrons. The second-order valence-corrected chi connectivity index (χ2v) is 5.60. The zero-order chi connectivity index (χ0) is 14.7. The van der Waals surface area contributed by atoms with Crippen molar-refractivity contribution >= 4 is 16.8 Å². The van der Waals surface area contributed by atoms with Gasteiger partial charge in [0.25, 0.3) is 0 Å². The minimum absolute atomic E-state index is 0.204. The summed E-state index contributed by atoms with van der Waals surface area (Å²) in [5.74, 6) is 0.238. The van der Waals surface area contributed by atoms with Crippen molar-refractivity contribution in [3.05, 3.63) is 36.0 Å². The standard InChI is InChI=1S/C17H22N2O2/c1-2-14-12-19(9-10-21-14)17(20)8-7-13-11-18-16-6-4-3-5-15(13)16/h3-6,11,14,18H,2,7-10,12H2,1H3. The summed E-state index contributed by atoms with van der Waals surface area (Å²) in [7, 11) is 0. The van der Waals surface area contributed by atoms with E-state index in [1.165, 1.54) is 10.9 Å². The Hall–Kier alpha value is -1.81. The van der Waals surface area contributed by atoms with Gasteiger partial charge >= 0.3 is 0 Å². The van der Waals surface area contributed by atoms with E-state index in [4.69, 9.17) is 4.74 Å². The zero-order valence-electron chi connectivity index (χ0n) is 12.5. The normalized spacial score (nSPS) is 19.1. The van der Waals surface area contributed by atoms with Gasteiger partial charge in [-0.2, -0.15) is 0 Å². The number of benzene rings is 1. The molecule has 0 saturated carbocycles. The molecule has 1 atom stereocenters. The van der Waals surface area contributed by atoms with E-state index in [2.05, 4.69) is 24.0 Å². The number of morpholine rings is 1. The van der Waals surface area contributed by atoms with Crippen LogP contribution in [0.1, 0.15) is 25.3 Å². The minimum Gasteiger partial charge on any atom is -0.375 e. The molecular weight excluding hydrogens is 264 g/mol. The van der Waals surface area contributed by atoms with Gasteiger partial charge in [0.1, 0.15) is 0 Å². The number of para-hydroxylation sites is 1. The maximum Gasteiger partial charge on any atom is 0.223 e. The number of ether oxygens (including phenoxy) is 1. The van der Waals surface area contributed by atoms with Crippen LogP contribution in [0.2, 0.25) is 0 Å². The van der Waals surface area contributed by atoms with Crippen molar-refractivity contribution in [3.63, 3.8) is 0 Å². The first kappa shape index (κ1) is 14.1. The number of carbonyl (C=O) groups excluding carboxylic acids is 1. The first-order valence-corrected chi connectivity index (χ1v) is 7.72. The van der Waals surface area contributed by atoms with Crippen LogP contribution < -0.4 is 0 Å². The van der Waals surface area contributed by atoms with Gasteiger partial charge in [0, 0.05) is 36.6 Å². The molecule has 1 N–H and O–H groups in total. The summed E-state index contributed by atoms with van der Waals surface area (Å²) in [6, 6.07) is 8.23. The second kappa shape index (κ2) is 6.31. The van der Waals surface area contributed by atoms with E-state index in [0.29, 0.717) is 13.0 Å². The zero-order valence-corrected chi connectivity index (χ0v) is 12.5. The van der Waals surface area contributed by atoms with E-state index >= 15 is 0 Å². The van der Waals surface area contributed by atoms with Gasteiger partial charge in [-0.15, -0.1) is 0 Å². The quantitative estimate of drug-likeness (QED) is 0.939. The summed E-state index contributed by atoms with van der Waals surface area (Å²) in [6.45, 7) is 4.23. The molecule has 0 aliphatic carbocycles. The molecule has 2 heterocycles. The molecule has 1 unspecified atom stereocenters. The predicted octanol–water partition coefficient (Wildman–Crippen LogP) is 2.74. The van der Waals surface area contributed by atoms with Crippen molar-refractivity contribution in [3.8, 4) is 0 Å². The molecule has 0 bridgehead atoms. The number of nitrogens with one attached hydrogen (secondary N) is 1. The third kappa shape index (κ3) is 3.10. The van der Waals surface area contributed by atoms with E-state index in [1.807, 2.05) is 23.2 Å². The largest absolute Gasteiger partial charge is 0.375 e. The molecule has 1 aliphatic heterocycles. The third-order valence-corrected chi connectivity index (χ3v) is 4.23. The Balaban J connectivity index is 1.60. The Morgan fingerprint density at radius 3 is 3.14 bits per heavy atom. The number of nitrogens with zero attached hydrogens (tertiary/aromatic N) is 1. The van der Waals surface area contributed by atoms with E-state index in [0.717, 1.165) is 31.4 Å². The van der Waals surface area contributed by atoms with Crippen LogP contribution in [-0.2, 0) is 16.0 Å². The Morgan fingerprint density at radius 2 is 2.29 bits per heavy atom. The molecular formula is C17H22N2O2. The summed E-state index contributed by atoms with van der Waals surface area (Å²) in [6.07, 6.45) is 4.55. The van der Waals surface area contributed by atoms with Gasteiger partial charge < -0.3 is 14.6 Å². The maximum absolute atomic E-state index is 12.4. The number of rotatable bonds is 4. The molecule has 2 aromatic rings. The number of aromatic nitrogens is 1. The maximum atomic E-state index is 12.4. The number of hydrogen-bond donors (Lipinski definition) is 1. The third-order valence-electron chi connectivity index (χ3n) is 4.23. The van der Waals surface area contributed by atoms with Crippen LogP contribution in [0.4, 0.5) is 0 Å². The predicted molar refractivity (Wildman–Crippen MR) is 83.2 cm³/mol. The molecule has 1 aromatic heterocycles. The number of amides is 1. The summed E-state index contributed by atoms with van der Waals surface area (Å²) >= 11 is 0. The molecule has 1 saturated heterocycles. The van der Waals surface area contributed by atoms with E-state index in [9.17, 15) is 4.79 Å². The Bertz CT molecular complexity index is 620. The average molecular weight is 286 g/mol. The Labute approximate surface area is 125 Å². The minimum atomic E-state index is 0.204. The summed E-state index contributed by atoms with van der Waals surface area (Å²) in [5.41, 5.74) is 2.36. The van der Waals surface area contributed by atoms with Crippen LogP contribution in [0, 0.1) is 0 Å². The van der Waals surface area contributed by atoms with Crippen molar-refractivity contribution in [2.24, 2.45) is 0 Å². The van der Waals surface area contributed by atoms with Crippen molar-refractivity contribution in [1.29, 1.82) is 0 Å². The van der Waals surface area contributed by atoms with Gasteiger partial charge in [-0.3, -0.25) is 4.79 Å². The number of carbonyl (C=O) groups is 1. The Kier molecular flexibility index (Phi) is 4.25. The molecule has 112 valence electrons.